The Labute approximate surface area is 111 Å². The van der Waals surface area contributed by atoms with Crippen LogP contribution in [0.25, 0.3) is 0 Å². The number of benzene rings is 1. The van der Waals surface area contributed by atoms with E-state index in [1.165, 1.54) is 0 Å². The SMILES string of the molecule is CC(O)c1cc(Br)ccc1OCCC(C)(C)O. The molecule has 1 aromatic rings. The minimum atomic E-state index is -0.736. The van der Waals surface area contributed by atoms with E-state index in [9.17, 15) is 10.2 Å². The first-order chi connectivity index (χ1) is 7.79. The van der Waals surface area contributed by atoms with Crippen molar-refractivity contribution in [2.24, 2.45) is 0 Å². The van der Waals surface area contributed by atoms with E-state index in [1.54, 1.807) is 20.8 Å². The lowest BCUT2D eigenvalue weighted by Gasteiger charge is -2.19. The van der Waals surface area contributed by atoms with Gasteiger partial charge in [0, 0.05) is 16.5 Å². The molecule has 0 spiro atoms. The van der Waals surface area contributed by atoms with Gasteiger partial charge in [-0.2, -0.15) is 0 Å². The van der Waals surface area contributed by atoms with Crippen molar-refractivity contribution in [3.63, 3.8) is 0 Å². The molecule has 17 heavy (non-hydrogen) atoms. The third kappa shape index (κ3) is 5.06. The molecule has 0 aliphatic carbocycles. The van der Waals surface area contributed by atoms with Gasteiger partial charge in [0.2, 0.25) is 0 Å². The van der Waals surface area contributed by atoms with E-state index in [4.69, 9.17) is 4.74 Å². The average Bonchev–Trinajstić information content (AvgIpc) is 2.18. The van der Waals surface area contributed by atoms with E-state index < -0.39 is 11.7 Å². The minimum Gasteiger partial charge on any atom is -0.493 e. The molecular weight excluding hydrogens is 284 g/mol. The predicted molar refractivity (Wildman–Crippen MR) is 71.2 cm³/mol. The van der Waals surface area contributed by atoms with Crippen LogP contribution in [-0.4, -0.2) is 22.4 Å². The van der Waals surface area contributed by atoms with Crippen LogP contribution < -0.4 is 4.74 Å². The van der Waals surface area contributed by atoms with Crippen molar-refractivity contribution >= 4 is 15.9 Å². The van der Waals surface area contributed by atoms with Gasteiger partial charge >= 0.3 is 0 Å². The minimum absolute atomic E-state index is 0.421. The zero-order valence-electron chi connectivity index (χ0n) is 10.4. The molecule has 0 saturated carbocycles. The van der Waals surface area contributed by atoms with Gasteiger partial charge in [-0.25, -0.2) is 0 Å². The maximum absolute atomic E-state index is 9.64. The van der Waals surface area contributed by atoms with Crippen LogP contribution in [-0.2, 0) is 0 Å². The van der Waals surface area contributed by atoms with Crippen LogP contribution in [0, 0.1) is 0 Å². The van der Waals surface area contributed by atoms with Crippen molar-refractivity contribution in [3.8, 4) is 5.75 Å². The molecular formula is C13H19BrO3. The molecule has 2 N–H and O–H groups in total. The fraction of sp³-hybridized carbons (Fsp3) is 0.538. The van der Waals surface area contributed by atoms with Crippen molar-refractivity contribution in [2.75, 3.05) is 6.61 Å². The number of ether oxygens (including phenoxy) is 1. The zero-order chi connectivity index (χ0) is 13.1. The Kier molecular flexibility index (Phi) is 4.98. The molecule has 1 atom stereocenters. The summed E-state index contributed by atoms with van der Waals surface area (Å²) in [4.78, 5) is 0. The van der Waals surface area contributed by atoms with E-state index in [1.807, 2.05) is 18.2 Å². The number of aliphatic hydroxyl groups is 2. The quantitative estimate of drug-likeness (QED) is 0.879. The Bertz CT molecular complexity index is 369. The van der Waals surface area contributed by atoms with Crippen LogP contribution in [0.2, 0.25) is 0 Å². The molecule has 0 saturated heterocycles. The highest BCUT2D eigenvalue weighted by molar-refractivity contribution is 9.10. The highest BCUT2D eigenvalue weighted by atomic mass is 79.9. The van der Waals surface area contributed by atoms with E-state index >= 15 is 0 Å². The summed E-state index contributed by atoms with van der Waals surface area (Å²) < 4.78 is 6.49. The molecule has 96 valence electrons. The second-order valence-corrected chi connectivity index (χ2v) is 5.68. The second kappa shape index (κ2) is 5.85. The average molecular weight is 303 g/mol. The van der Waals surface area contributed by atoms with Crippen molar-refractivity contribution in [1.29, 1.82) is 0 Å². The molecule has 3 nitrogen and oxygen atoms in total. The van der Waals surface area contributed by atoms with E-state index in [0.717, 1.165) is 10.0 Å². The molecule has 4 heteroatoms. The van der Waals surface area contributed by atoms with Gasteiger partial charge in [0.25, 0.3) is 0 Å². The van der Waals surface area contributed by atoms with Gasteiger partial charge < -0.3 is 14.9 Å². The maximum Gasteiger partial charge on any atom is 0.125 e. The fourth-order valence-corrected chi connectivity index (χ4v) is 1.77. The molecule has 0 aliphatic rings. The van der Waals surface area contributed by atoms with Gasteiger partial charge in [-0.1, -0.05) is 15.9 Å². The van der Waals surface area contributed by atoms with Gasteiger partial charge in [-0.15, -0.1) is 0 Å². The Morgan fingerprint density at radius 2 is 2.06 bits per heavy atom. The Balaban J connectivity index is 2.70. The molecule has 0 aliphatic heterocycles. The molecule has 0 bridgehead atoms. The first-order valence-electron chi connectivity index (χ1n) is 5.62. The van der Waals surface area contributed by atoms with Crippen LogP contribution >= 0.6 is 15.9 Å². The van der Waals surface area contributed by atoms with Crippen molar-refractivity contribution in [1.82, 2.24) is 0 Å². The van der Waals surface area contributed by atoms with E-state index in [0.29, 0.717) is 18.8 Å². The standard InChI is InChI=1S/C13H19BrO3/c1-9(15)11-8-10(14)4-5-12(11)17-7-6-13(2,3)16/h4-5,8-9,15-16H,6-7H2,1-3H3. The summed E-state index contributed by atoms with van der Waals surface area (Å²) in [7, 11) is 0. The topological polar surface area (TPSA) is 49.7 Å². The molecule has 0 fully saturated rings. The molecule has 1 rings (SSSR count). The first-order valence-corrected chi connectivity index (χ1v) is 6.41. The molecule has 1 aromatic carbocycles. The predicted octanol–water partition coefficient (Wildman–Crippen LogP) is 3.04. The van der Waals surface area contributed by atoms with Crippen LogP contribution in [0.3, 0.4) is 0 Å². The molecule has 0 aromatic heterocycles. The van der Waals surface area contributed by atoms with Crippen LogP contribution in [0.5, 0.6) is 5.75 Å². The third-order valence-corrected chi connectivity index (χ3v) is 2.89. The normalized spacial score (nSPS) is 13.5. The highest BCUT2D eigenvalue weighted by Gasteiger charge is 2.14. The van der Waals surface area contributed by atoms with Crippen LogP contribution in [0.1, 0.15) is 38.9 Å². The summed E-state index contributed by atoms with van der Waals surface area (Å²) in [5, 5.41) is 19.2. The fourth-order valence-electron chi connectivity index (χ4n) is 1.39. The van der Waals surface area contributed by atoms with Crippen LogP contribution in [0.15, 0.2) is 22.7 Å². The highest BCUT2D eigenvalue weighted by Crippen LogP contribution is 2.28. The summed E-state index contributed by atoms with van der Waals surface area (Å²) in [6.07, 6.45) is -0.0351. The number of hydrogen-bond donors (Lipinski definition) is 2. The lowest BCUT2D eigenvalue weighted by Crippen LogP contribution is -2.22. The Hall–Kier alpha value is -0.580. The number of rotatable bonds is 5. The Morgan fingerprint density at radius 3 is 2.59 bits per heavy atom. The van der Waals surface area contributed by atoms with Gasteiger partial charge in [0.15, 0.2) is 0 Å². The summed E-state index contributed by atoms with van der Waals surface area (Å²) in [6, 6.07) is 5.52. The monoisotopic (exact) mass is 302 g/mol. The summed E-state index contributed by atoms with van der Waals surface area (Å²) in [5.74, 6) is 0.660. The zero-order valence-corrected chi connectivity index (χ0v) is 12.0. The lowest BCUT2D eigenvalue weighted by molar-refractivity contribution is 0.0548. The molecule has 0 radical (unpaired) electrons. The third-order valence-electron chi connectivity index (χ3n) is 2.39. The van der Waals surface area contributed by atoms with Crippen LogP contribution in [0.4, 0.5) is 0 Å². The van der Waals surface area contributed by atoms with E-state index in [2.05, 4.69) is 15.9 Å². The van der Waals surface area contributed by atoms with Gasteiger partial charge in [0.05, 0.1) is 18.3 Å². The van der Waals surface area contributed by atoms with Crippen molar-refractivity contribution < 1.29 is 14.9 Å². The Morgan fingerprint density at radius 1 is 1.41 bits per heavy atom. The van der Waals surface area contributed by atoms with Crippen molar-refractivity contribution in [3.05, 3.63) is 28.2 Å². The smallest absolute Gasteiger partial charge is 0.125 e. The molecule has 1 unspecified atom stereocenters. The molecule has 0 amide bonds. The number of halogens is 1. The molecule has 0 heterocycles. The van der Waals surface area contributed by atoms with Gasteiger partial charge in [0.1, 0.15) is 5.75 Å². The van der Waals surface area contributed by atoms with Gasteiger partial charge in [-0.3, -0.25) is 0 Å². The first kappa shape index (κ1) is 14.5. The van der Waals surface area contributed by atoms with Crippen molar-refractivity contribution in [2.45, 2.75) is 38.9 Å². The van der Waals surface area contributed by atoms with E-state index in [-0.39, 0.29) is 0 Å². The van der Waals surface area contributed by atoms with Gasteiger partial charge in [-0.05, 0) is 39.0 Å². The summed E-state index contributed by atoms with van der Waals surface area (Å²) in [5.41, 5.74) is 0.00973. The maximum atomic E-state index is 9.64. The largest absolute Gasteiger partial charge is 0.493 e. The second-order valence-electron chi connectivity index (χ2n) is 4.77. The number of aliphatic hydroxyl groups excluding tert-OH is 1. The summed E-state index contributed by atoms with van der Waals surface area (Å²) >= 11 is 3.36. The lowest BCUT2D eigenvalue weighted by atomic mass is 10.1. The summed E-state index contributed by atoms with van der Waals surface area (Å²) in [6.45, 7) is 5.61. The number of hydrogen-bond acceptors (Lipinski definition) is 3.